The Hall–Kier alpha value is -1.88. The second kappa shape index (κ2) is 6.52. The van der Waals surface area contributed by atoms with Gasteiger partial charge in [0.1, 0.15) is 11.6 Å². The zero-order valence-electron chi connectivity index (χ0n) is 10.8. The molecule has 20 heavy (non-hydrogen) atoms. The van der Waals surface area contributed by atoms with Gasteiger partial charge in [-0.25, -0.2) is 4.39 Å². The maximum Gasteiger partial charge on any atom is 0.257 e. The van der Waals surface area contributed by atoms with Crippen LogP contribution in [0.2, 0.25) is 0 Å². The molecule has 3 nitrogen and oxygen atoms in total. The first-order valence-electron chi connectivity index (χ1n) is 6.10. The number of rotatable bonds is 4. The van der Waals surface area contributed by atoms with Crippen molar-refractivity contribution in [3.8, 4) is 5.75 Å². The molecule has 0 heterocycles. The highest BCUT2D eigenvalue weighted by Crippen LogP contribution is 2.26. The highest BCUT2D eigenvalue weighted by Gasteiger charge is 2.14. The molecule has 0 atom stereocenters. The van der Waals surface area contributed by atoms with Crippen molar-refractivity contribution in [3.05, 3.63) is 58.3 Å². The van der Waals surface area contributed by atoms with Crippen LogP contribution in [0.4, 0.5) is 10.1 Å². The van der Waals surface area contributed by atoms with Gasteiger partial charge in [-0.1, -0.05) is 18.2 Å². The molecule has 0 aromatic heterocycles. The van der Waals surface area contributed by atoms with Gasteiger partial charge in [-0.2, -0.15) is 0 Å². The number of anilines is 1. The van der Waals surface area contributed by atoms with Crippen molar-refractivity contribution >= 4 is 27.5 Å². The predicted octanol–water partition coefficient (Wildman–Crippen LogP) is 4.24. The van der Waals surface area contributed by atoms with Gasteiger partial charge in [-0.3, -0.25) is 4.79 Å². The summed E-state index contributed by atoms with van der Waals surface area (Å²) in [5, 5.41) is 2.72. The third-order valence-electron chi connectivity index (χ3n) is 2.63. The lowest BCUT2D eigenvalue weighted by Crippen LogP contribution is -2.14. The largest absolute Gasteiger partial charge is 0.492 e. The number of hydrogen-bond donors (Lipinski definition) is 1. The molecular formula is C15H13BrFNO2. The number of ether oxygens (including phenoxy) is 1. The lowest BCUT2D eigenvalue weighted by Gasteiger charge is -2.12. The number of hydrogen-bond acceptors (Lipinski definition) is 2. The fraction of sp³-hybridized carbons (Fsp3) is 0.133. The molecule has 5 heteroatoms. The van der Waals surface area contributed by atoms with Crippen LogP contribution < -0.4 is 10.1 Å². The molecule has 0 unspecified atom stereocenters. The molecule has 0 aliphatic carbocycles. The van der Waals surface area contributed by atoms with E-state index >= 15 is 0 Å². The van der Waals surface area contributed by atoms with Crippen molar-refractivity contribution in [2.45, 2.75) is 6.92 Å². The number of benzene rings is 2. The summed E-state index contributed by atoms with van der Waals surface area (Å²) in [5.74, 6) is -0.296. The average Bonchev–Trinajstić information content (AvgIpc) is 2.44. The zero-order valence-corrected chi connectivity index (χ0v) is 12.4. The summed E-state index contributed by atoms with van der Waals surface area (Å²) in [7, 11) is 0. The van der Waals surface area contributed by atoms with Crippen molar-refractivity contribution in [3.63, 3.8) is 0 Å². The maximum absolute atomic E-state index is 13.4. The van der Waals surface area contributed by atoms with Crippen LogP contribution in [0.3, 0.4) is 0 Å². The van der Waals surface area contributed by atoms with E-state index in [9.17, 15) is 9.18 Å². The summed E-state index contributed by atoms with van der Waals surface area (Å²) in [6, 6.07) is 11.4. The normalized spacial score (nSPS) is 10.2. The Labute approximate surface area is 124 Å². The number of carbonyl (C=O) groups excluding carboxylic acids is 1. The van der Waals surface area contributed by atoms with Crippen LogP contribution in [0.5, 0.6) is 5.75 Å². The molecule has 0 aliphatic rings. The van der Waals surface area contributed by atoms with E-state index in [-0.39, 0.29) is 10.0 Å². The Morgan fingerprint density at radius 3 is 2.75 bits per heavy atom. The summed E-state index contributed by atoms with van der Waals surface area (Å²) in [4.78, 5) is 12.2. The van der Waals surface area contributed by atoms with Crippen molar-refractivity contribution in [2.24, 2.45) is 0 Å². The van der Waals surface area contributed by atoms with Crippen molar-refractivity contribution in [1.29, 1.82) is 0 Å². The first-order chi connectivity index (χ1) is 9.63. The van der Waals surface area contributed by atoms with Gasteiger partial charge in [0.15, 0.2) is 0 Å². The standard InChI is InChI=1S/C15H13BrFNO2/c1-2-20-13-9-4-3-8-12(13)18-15(19)10-6-5-7-11(17)14(10)16/h3-9H,2H2,1H3,(H,18,19). The molecule has 1 amide bonds. The summed E-state index contributed by atoms with van der Waals surface area (Å²) in [5.41, 5.74) is 0.784. The maximum atomic E-state index is 13.4. The molecule has 2 rings (SSSR count). The van der Waals surface area contributed by atoms with E-state index in [1.54, 1.807) is 24.3 Å². The van der Waals surface area contributed by atoms with Gasteiger partial charge in [-0.05, 0) is 47.1 Å². The van der Waals surface area contributed by atoms with E-state index in [0.29, 0.717) is 18.0 Å². The molecule has 0 fully saturated rings. The minimum atomic E-state index is -0.476. The average molecular weight is 338 g/mol. The highest BCUT2D eigenvalue weighted by atomic mass is 79.9. The summed E-state index contributed by atoms with van der Waals surface area (Å²) >= 11 is 3.08. The van der Waals surface area contributed by atoms with Crippen LogP contribution in [0.1, 0.15) is 17.3 Å². The smallest absolute Gasteiger partial charge is 0.257 e. The second-order valence-electron chi connectivity index (χ2n) is 3.98. The summed E-state index contributed by atoms with van der Waals surface area (Å²) in [6.07, 6.45) is 0. The highest BCUT2D eigenvalue weighted by molar-refractivity contribution is 9.10. The number of carbonyl (C=O) groups is 1. The van der Waals surface area contributed by atoms with Crippen molar-refractivity contribution < 1.29 is 13.9 Å². The fourth-order valence-electron chi connectivity index (χ4n) is 1.72. The van der Waals surface area contributed by atoms with Gasteiger partial charge in [0.25, 0.3) is 5.91 Å². The molecule has 0 bridgehead atoms. The van der Waals surface area contributed by atoms with E-state index in [2.05, 4.69) is 21.2 Å². The molecule has 2 aromatic carbocycles. The third kappa shape index (κ3) is 3.17. The first-order valence-corrected chi connectivity index (χ1v) is 6.90. The monoisotopic (exact) mass is 337 g/mol. The third-order valence-corrected chi connectivity index (χ3v) is 3.44. The number of para-hydroxylation sites is 2. The molecule has 0 saturated carbocycles. The van der Waals surface area contributed by atoms with Crippen molar-refractivity contribution in [2.75, 3.05) is 11.9 Å². The fourth-order valence-corrected chi connectivity index (χ4v) is 2.16. The lowest BCUT2D eigenvalue weighted by atomic mass is 10.2. The quantitative estimate of drug-likeness (QED) is 0.906. The Balaban J connectivity index is 2.26. The summed E-state index contributed by atoms with van der Waals surface area (Å²) in [6.45, 7) is 2.36. The van der Waals surface area contributed by atoms with E-state index in [1.807, 2.05) is 13.0 Å². The zero-order chi connectivity index (χ0) is 14.5. The molecule has 0 spiro atoms. The molecule has 2 aromatic rings. The topological polar surface area (TPSA) is 38.3 Å². The van der Waals surface area contributed by atoms with Crippen LogP contribution in [-0.4, -0.2) is 12.5 Å². The van der Waals surface area contributed by atoms with Gasteiger partial charge in [0.05, 0.1) is 22.3 Å². The van der Waals surface area contributed by atoms with E-state index in [4.69, 9.17) is 4.74 Å². The Morgan fingerprint density at radius 1 is 1.25 bits per heavy atom. The molecular weight excluding hydrogens is 325 g/mol. The second-order valence-corrected chi connectivity index (χ2v) is 4.78. The van der Waals surface area contributed by atoms with Crippen LogP contribution >= 0.6 is 15.9 Å². The Bertz CT molecular complexity index is 631. The number of amides is 1. The van der Waals surface area contributed by atoms with Crippen LogP contribution in [-0.2, 0) is 0 Å². The minimum absolute atomic E-state index is 0.145. The first kappa shape index (κ1) is 14.5. The van der Waals surface area contributed by atoms with Crippen molar-refractivity contribution in [1.82, 2.24) is 0 Å². The molecule has 0 radical (unpaired) electrons. The molecule has 1 N–H and O–H groups in total. The van der Waals surface area contributed by atoms with E-state index < -0.39 is 11.7 Å². The Kier molecular flexibility index (Phi) is 4.74. The van der Waals surface area contributed by atoms with E-state index in [0.717, 1.165) is 0 Å². The molecule has 0 aliphatic heterocycles. The SMILES string of the molecule is CCOc1ccccc1NC(=O)c1cccc(F)c1Br. The van der Waals surface area contributed by atoms with Crippen LogP contribution in [0.25, 0.3) is 0 Å². The summed E-state index contributed by atoms with van der Waals surface area (Å²) < 4.78 is 19.0. The molecule has 0 saturated heterocycles. The van der Waals surface area contributed by atoms with Gasteiger partial charge >= 0.3 is 0 Å². The van der Waals surface area contributed by atoms with Gasteiger partial charge in [0, 0.05) is 0 Å². The Morgan fingerprint density at radius 2 is 2.00 bits per heavy atom. The number of halogens is 2. The van der Waals surface area contributed by atoms with E-state index in [1.165, 1.54) is 12.1 Å². The van der Waals surface area contributed by atoms with Crippen LogP contribution in [0, 0.1) is 5.82 Å². The van der Waals surface area contributed by atoms with Gasteiger partial charge in [0.2, 0.25) is 0 Å². The predicted molar refractivity (Wildman–Crippen MR) is 79.7 cm³/mol. The number of nitrogens with one attached hydrogen (secondary N) is 1. The minimum Gasteiger partial charge on any atom is -0.492 e. The van der Waals surface area contributed by atoms with Crippen LogP contribution in [0.15, 0.2) is 46.9 Å². The van der Waals surface area contributed by atoms with Gasteiger partial charge < -0.3 is 10.1 Å². The lowest BCUT2D eigenvalue weighted by molar-refractivity contribution is 0.102. The van der Waals surface area contributed by atoms with Gasteiger partial charge in [-0.15, -0.1) is 0 Å². The molecule has 104 valence electrons.